The van der Waals surface area contributed by atoms with Crippen LogP contribution in [-0.2, 0) is 19.5 Å². The van der Waals surface area contributed by atoms with E-state index in [4.69, 9.17) is 24.9 Å². The fraction of sp³-hybridized carbons (Fsp3) is 0. The molecule has 0 spiro atoms. The van der Waals surface area contributed by atoms with Crippen LogP contribution in [-0.4, -0.2) is 15.0 Å². The molecule has 59 heavy (non-hydrogen) atoms. The van der Waals surface area contributed by atoms with E-state index in [1.54, 1.807) is 0 Å². The Morgan fingerprint density at radius 1 is 0.288 bits per heavy atom. The normalized spacial score (nSPS) is 11.6. The molecule has 0 aliphatic carbocycles. The molecule has 5 nitrogen and oxygen atoms in total. The Bertz CT molecular complexity index is 3410. The predicted octanol–water partition coefficient (Wildman–Crippen LogP) is 12.9. The molecule has 0 fully saturated rings. The average Bonchev–Trinajstić information content (AvgIpc) is 4.05. The standard InChI is InChI=1S/C53H31N5.Zn/c1-4-18-32(19-5-1)43-46-35-24-10-12-26-37(35)48(54-46)44(33-20-6-2-7-21-33)50-39-28-14-16-30-41(39)52(56-50)58-53-42-31-17-15-29-40(42)51(57-53)45(34-22-8-3-9-23-34)49-38-27-13-11-25-36(38)47(43)55-49;/h1-31H;/q-2;+2. The molecule has 0 N–H and O–H groups in total. The number of rotatable bonds is 3. The van der Waals surface area contributed by atoms with Gasteiger partial charge in [-0.15, -0.1) is 11.0 Å². The van der Waals surface area contributed by atoms with E-state index in [0.29, 0.717) is 11.5 Å². The summed E-state index contributed by atoms with van der Waals surface area (Å²) in [4.78, 5) is 27.8. The van der Waals surface area contributed by atoms with E-state index in [0.717, 1.165) is 111 Å². The van der Waals surface area contributed by atoms with Crippen LogP contribution in [0.4, 0.5) is 0 Å². The van der Waals surface area contributed by atoms with E-state index in [1.165, 1.54) is 0 Å². The summed E-state index contributed by atoms with van der Waals surface area (Å²) in [6.45, 7) is 0. The fourth-order valence-corrected chi connectivity index (χ4v) is 8.86. The fourth-order valence-electron chi connectivity index (χ4n) is 8.86. The van der Waals surface area contributed by atoms with Crippen molar-refractivity contribution in [2.45, 2.75) is 0 Å². The Hall–Kier alpha value is -7.27. The first-order chi connectivity index (χ1) is 28.8. The van der Waals surface area contributed by atoms with Crippen LogP contribution in [0.2, 0.25) is 0 Å². The summed E-state index contributed by atoms with van der Waals surface area (Å²) in [5.74, 6) is 0.619. The van der Waals surface area contributed by atoms with Crippen LogP contribution < -0.4 is 9.97 Å². The monoisotopic (exact) mass is 801 g/mol. The first-order valence-corrected chi connectivity index (χ1v) is 19.5. The Kier molecular flexibility index (Phi) is 8.28. The minimum absolute atomic E-state index is 0. The molecular weight excluding hydrogens is 772 g/mol. The van der Waals surface area contributed by atoms with Gasteiger partial charge in [-0.3, -0.25) is 4.98 Å². The maximum absolute atomic E-state index is 5.74. The van der Waals surface area contributed by atoms with Gasteiger partial charge in [-0.05, 0) is 60.5 Å². The van der Waals surface area contributed by atoms with Crippen molar-refractivity contribution in [3.63, 3.8) is 0 Å². The predicted molar refractivity (Wildman–Crippen MR) is 237 cm³/mol. The molecule has 7 aromatic carbocycles. The summed E-state index contributed by atoms with van der Waals surface area (Å²) in [5, 5.41) is 4.05. The smallest absolute Gasteiger partial charge is 0.656 e. The molecule has 0 unspecified atom stereocenters. The molecule has 5 heterocycles. The van der Waals surface area contributed by atoms with E-state index in [-0.39, 0.29) is 19.5 Å². The van der Waals surface area contributed by atoms with Crippen LogP contribution in [0.5, 0.6) is 0 Å². The van der Waals surface area contributed by atoms with Crippen LogP contribution >= 0.6 is 0 Å². The van der Waals surface area contributed by atoms with Gasteiger partial charge < -0.3 is 15.0 Å². The van der Waals surface area contributed by atoms with Gasteiger partial charge in [0.2, 0.25) is 0 Å². The van der Waals surface area contributed by atoms with Crippen LogP contribution in [0.25, 0.3) is 122 Å². The Morgan fingerprint density at radius 3 is 1.10 bits per heavy atom. The van der Waals surface area contributed by atoms with Crippen LogP contribution in [0.15, 0.2) is 188 Å². The number of hydrogen-bond donors (Lipinski definition) is 0. The quantitative estimate of drug-likeness (QED) is 0.166. The summed E-state index contributed by atoms with van der Waals surface area (Å²) in [6, 6.07) is 65.5. The molecule has 3 aromatic heterocycles. The summed E-state index contributed by atoms with van der Waals surface area (Å²) in [5.41, 5.74) is 15.7. The van der Waals surface area contributed by atoms with Crippen molar-refractivity contribution in [3.8, 4) is 78.5 Å². The molecule has 10 aromatic rings. The molecular formula is C53H31N5Zn. The number of fused-ring (bicyclic) bond motifs is 20. The zero-order valence-corrected chi connectivity index (χ0v) is 34.8. The molecule has 0 saturated heterocycles. The summed E-state index contributed by atoms with van der Waals surface area (Å²) in [7, 11) is 0. The second kappa shape index (κ2) is 14.0. The molecule has 2 aliphatic rings. The maximum Gasteiger partial charge on any atom is 2.00 e. The number of aromatic nitrogens is 5. The van der Waals surface area contributed by atoms with Crippen LogP contribution in [0.1, 0.15) is 0 Å². The first kappa shape index (κ1) is 34.9. The topological polar surface area (TPSA) is 66.9 Å². The van der Waals surface area contributed by atoms with Crippen LogP contribution in [0.3, 0.4) is 0 Å². The van der Waals surface area contributed by atoms with Gasteiger partial charge >= 0.3 is 19.5 Å². The third-order valence-corrected chi connectivity index (χ3v) is 11.4. The minimum atomic E-state index is 0. The van der Waals surface area contributed by atoms with E-state index < -0.39 is 0 Å². The van der Waals surface area contributed by atoms with E-state index in [1.807, 2.05) is 12.1 Å². The molecule has 270 valence electrons. The van der Waals surface area contributed by atoms with Gasteiger partial charge in [-0.25, -0.2) is 4.98 Å². The number of hydrogen-bond acceptors (Lipinski definition) is 3. The number of nitrogens with zero attached hydrogens (tertiary/aromatic N) is 5. The zero-order chi connectivity index (χ0) is 38.2. The SMILES string of the molecule is [Zn+2].c1ccc(-c2c3nc(c(-c4ccccc4)c4[n-]c(c(-c5ccccc5)c5nc(nc6[n-]c2c2ccccc62)-c2ccccc2-5)c2ccccc42)-c2ccccc2-3)cc1. The molecule has 8 bridgehead atoms. The second-order valence-corrected chi connectivity index (χ2v) is 14.7. The van der Waals surface area contributed by atoms with Gasteiger partial charge in [-0.2, -0.15) is 0 Å². The molecule has 0 saturated carbocycles. The molecule has 0 amide bonds. The van der Waals surface area contributed by atoms with Crippen molar-refractivity contribution < 1.29 is 19.5 Å². The van der Waals surface area contributed by atoms with Crippen molar-refractivity contribution in [2.24, 2.45) is 0 Å². The van der Waals surface area contributed by atoms with Gasteiger partial charge in [0.05, 0.1) is 22.9 Å². The largest absolute Gasteiger partial charge is 2.00 e. The molecule has 2 aliphatic heterocycles. The van der Waals surface area contributed by atoms with Crippen molar-refractivity contribution >= 4 is 43.7 Å². The van der Waals surface area contributed by atoms with Crippen LogP contribution in [0, 0.1) is 0 Å². The van der Waals surface area contributed by atoms with E-state index in [2.05, 4.69) is 176 Å². The maximum atomic E-state index is 5.74. The summed E-state index contributed by atoms with van der Waals surface area (Å²) < 4.78 is 0. The molecule has 6 heteroatoms. The van der Waals surface area contributed by atoms with Gasteiger partial charge in [-0.1, -0.05) is 188 Å². The molecule has 0 atom stereocenters. The Labute approximate surface area is 352 Å². The average molecular weight is 803 g/mol. The third kappa shape index (κ3) is 5.45. The van der Waals surface area contributed by atoms with Crippen molar-refractivity contribution in [1.29, 1.82) is 0 Å². The molecule has 0 radical (unpaired) electrons. The van der Waals surface area contributed by atoms with Gasteiger partial charge in [0.1, 0.15) is 0 Å². The van der Waals surface area contributed by atoms with Gasteiger partial charge in [0.15, 0.2) is 0 Å². The first-order valence-electron chi connectivity index (χ1n) is 19.5. The van der Waals surface area contributed by atoms with E-state index >= 15 is 0 Å². The van der Waals surface area contributed by atoms with Crippen molar-refractivity contribution in [2.75, 3.05) is 0 Å². The summed E-state index contributed by atoms with van der Waals surface area (Å²) >= 11 is 0. The van der Waals surface area contributed by atoms with Crippen molar-refractivity contribution in [3.05, 3.63) is 188 Å². The van der Waals surface area contributed by atoms with Gasteiger partial charge in [0.25, 0.3) is 0 Å². The van der Waals surface area contributed by atoms with Crippen molar-refractivity contribution in [1.82, 2.24) is 24.9 Å². The Balaban J connectivity index is 0.00000397. The third-order valence-electron chi connectivity index (χ3n) is 11.4. The summed E-state index contributed by atoms with van der Waals surface area (Å²) in [6.07, 6.45) is 0. The second-order valence-electron chi connectivity index (χ2n) is 14.7. The Morgan fingerprint density at radius 2 is 0.627 bits per heavy atom. The molecule has 12 rings (SSSR count). The number of benzene rings is 7. The van der Waals surface area contributed by atoms with Gasteiger partial charge in [0, 0.05) is 27.8 Å². The van der Waals surface area contributed by atoms with E-state index in [9.17, 15) is 0 Å². The zero-order valence-electron chi connectivity index (χ0n) is 31.8. The minimum Gasteiger partial charge on any atom is -0.656 e.